The van der Waals surface area contributed by atoms with Gasteiger partial charge in [0, 0.05) is 17.1 Å². The Morgan fingerprint density at radius 2 is 1.90 bits per heavy atom. The van der Waals surface area contributed by atoms with Crippen LogP contribution in [0.1, 0.15) is 29.7 Å². The summed E-state index contributed by atoms with van der Waals surface area (Å²) in [4.78, 5) is 12.5. The molecule has 2 aromatic heterocycles. The Kier molecular flexibility index (Phi) is 5.13. The zero-order valence-electron chi connectivity index (χ0n) is 16.5. The molecule has 0 amide bonds. The predicted molar refractivity (Wildman–Crippen MR) is 115 cm³/mol. The molecule has 0 aliphatic rings. The summed E-state index contributed by atoms with van der Waals surface area (Å²) in [5.41, 5.74) is 9.28. The van der Waals surface area contributed by atoms with Gasteiger partial charge < -0.3 is 11.1 Å². The SMILES string of the molecule is C[C@H](Nc1ncnc(N)c1C#N)c1cnc2ccc(F)cc2c1-c1cccc(C#N)c1. The van der Waals surface area contributed by atoms with Crippen molar-refractivity contribution >= 4 is 22.5 Å². The van der Waals surface area contributed by atoms with Gasteiger partial charge in [-0.3, -0.25) is 4.98 Å². The smallest absolute Gasteiger partial charge is 0.150 e. The van der Waals surface area contributed by atoms with Crippen molar-refractivity contribution in [2.75, 3.05) is 11.1 Å². The molecule has 150 valence electrons. The zero-order valence-corrected chi connectivity index (χ0v) is 16.5. The van der Waals surface area contributed by atoms with Crippen molar-refractivity contribution in [3.8, 4) is 23.3 Å². The average molecular weight is 409 g/mol. The molecule has 2 heterocycles. The molecule has 3 N–H and O–H groups in total. The molecule has 0 saturated carbocycles. The van der Waals surface area contributed by atoms with Gasteiger partial charge in [0.05, 0.1) is 23.2 Å². The van der Waals surface area contributed by atoms with Gasteiger partial charge in [-0.05, 0) is 48.4 Å². The van der Waals surface area contributed by atoms with Crippen LogP contribution in [0.2, 0.25) is 0 Å². The van der Waals surface area contributed by atoms with Crippen molar-refractivity contribution < 1.29 is 4.39 Å². The first-order valence-corrected chi connectivity index (χ1v) is 9.37. The fourth-order valence-electron chi connectivity index (χ4n) is 3.48. The summed E-state index contributed by atoms with van der Waals surface area (Å²) >= 11 is 0. The van der Waals surface area contributed by atoms with E-state index in [4.69, 9.17) is 5.73 Å². The van der Waals surface area contributed by atoms with E-state index in [1.54, 1.807) is 30.5 Å². The van der Waals surface area contributed by atoms with Crippen molar-refractivity contribution in [1.29, 1.82) is 10.5 Å². The summed E-state index contributed by atoms with van der Waals surface area (Å²) in [5, 5.41) is 22.5. The van der Waals surface area contributed by atoms with Crippen LogP contribution in [0.25, 0.3) is 22.0 Å². The lowest BCUT2D eigenvalue weighted by Crippen LogP contribution is -2.12. The number of hydrogen-bond donors (Lipinski definition) is 2. The van der Waals surface area contributed by atoms with Gasteiger partial charge in [0.15, 0.2) is 0 Å². The number of benzene rings is 2. The van der Waals surface area contributed by atoms with Gasteiger partial charge in [-0.1, -0.05) is 12.1 Å². The minimum absolute atomic E-state index is 0.0767. The first-order chi connectivity index (χ1) is 15.0. The third-order valence-corrected chi connectivity index (χ3v) is 4.95. The van der Waals surface area contributed by atoms with Crippen molar-refractivity contribution in [3.05, 3.63) is 77.5 Å². The van der Waals surface area contributed by atoms with Gasteiger partial charge in [0.2, 0.25) is 0 Å². The quantitative estimate of drug-likeness (QED) is 0.514. The molecule has 7 nitrogen and oxygen atoms in total. The molecule has 0 saturated heterocycles. The normalized spacial score (nSPS) is 11.5. The van der Waals surface area contributed by atoms with E-state index in [0.717, 1.165) is 16.7 Å². The Morgan fingerprint density at radius 1 is 1.06 bits per heavy atom. The topological polar surface area (TPSA) is 124 Å². The highest BCUT2D eigenvalue weighted by Crippen LogP contribution is 2.36. The number of anilines is 2. The van der Waals surface area contributed by atoms with Crippen LogP contribution in [-0.2, 0) is 0 Å². The van der Waals surface area contributed by atoms with Gasteiger partial charge in [0.1, 0.15) is 35.4 Å². The summed E-state index contributed by atoms with van der Waals surface area (Å²) in [6, 6.07) is 15.3. The molecule has 2 aromatic carbocycles. The number of nitrogen functional groups attached to an aromatic ring is 1. The van der Waals surface area contributed by atoms with Crippen molar-refractivity contribution in [3.63, 3.8) is 0 Å². The molecule has 0 aliphatic carbocycles. The summed E-state index contributed by atoms with van der Waals surface area (Å²) in [7, 11) is 0. The summed E-state index contributed by atoms with van der Waals surface area (Å²) < 4.78 is 14.1. The first kappa shape index (κ1) is 19.7. The minimum atomic E-state index is -0.389. The maximum atomic E-state index is 14.1. The standard InChI is InChI=1S/C23H16FN7/c1-13(31-23-18(10-26)22(27)29-12-30-23)19-11-28-20-6-5-16(24)8-17(20)21(19)15-4-2-3-14(7-15)9-25/h2-8,11-13H,1H3,(H3,27,29,30,31)/t13-/m0/s1. The molecular weight excluding hydrogens is 393 g/mol. The van der Waals surface area contributed by atoms with Crippen LogP contribution < -0.4 is 11.1 Å². The van der Waals surface area contributed by atoms with Gasteiger partial charge in [0.25, 0.3) is 0 Å². The Morgan fingerprint density at radius 3 is 2.68 bits per heavy atom. The van der Waals surface area contributed by atoms with Crippen LogP contribution in [0.15, 0.2) is 55.0 Å². The van der Waals surface area contributed by atoms with Crippen LogP contribution in [0.4, 0.5) is 16.0 Å². The Balaban J connectivity index is 1.91. The van der Waals surface area contributed by atoms with Gasteiger partial charge in [-0.2, -0.15) is 10.5 Å². The van der Waals surface area contributed by atoms with Gasteiger partial charge in [-0.15, -0.1) is 0 Å². The number of hydrogen-bond acceptors (Lipinski definition) is 7. The monoisotopic (exact) mass is 409 g/mol. The van der Waals surface area contributed by atoms with E-state index < -0.39 is 0 Å². The molecule has 0 unspecified atom stereocenters. The molecular formula is C23H16FN7. The molecule has 4 aromatic rings. The van der Waals surface area contributed by atoms with Crippen molar-refractivity contribution in [2.24, 2.45) is 0 Å². The number of rotatable bonds is 4. The van der Waals surface area contributed by atoms with E-state index >= 15 is 0 Å². The fraction of sp³-hybridized carbons (Fsp3) is 0.0870. The molecule has 0 spiro atoms. The van der Waals surface area contributed by atoms with E-state index in [1.807, 2.05) is 19.1 Å². The largest absolute Gasteiger partial charge is 0.382 e. The predicted octanol–water partition coefficient (Wildman–Crippen LogP) is 4.33. The van der Waals surface area contributed by atoms with Gasteiger partial charge >= 0.3 is 0 Å². The molecule has 0 radical (unpaired) electrons. The highest BCUT2D eigenvalue weighted by molar-refractivity contribution is 5.96. The van der Waals surface area contributed by atoms with E-state index in [-0.39, 0.29) is 23.2 Å². The lowest BCUT2D eigenvalue weighted by atomic mass is 9.92. The number of nitriles is 2. The minimum Gasteiger partial charge on any atom is -0.382 e. The Bertz CT molecular complexity index is 1390. The number of halogens is 1. The van der Waals surface area contributed by atoms with E-state index in [1.165, 1.54) is 18.5 Å². The molecule has 0 fully saturated rings. The molecule has 1 atom stereocenters. The maximum absolute atomic E-state index is 14.1. The summed E-state index contributed by atoms with van der Waals surface area (Å²) in [5.74, 6) is -0.0218. The number of pyridine rings is 1. The maximum Gasteiger partial charge on any atom is 0.150 e. The molecule has 4 rings (SSSR count). The van der Waals surface area contributed by atoms with Crippen molar-refractivity contribution in [1.82, 2.24) is 15.0 Å². The lowest BCUT2D eigenvalue weighted by molar-refractivity contribution is 0.629. The zero-order chi connectivity index (χ0) is 22.0. The van der Waals surface area contributed by atoms with Crippen LogP contribution in [0.5, 0.6) is 0 Å². The molecule has 0 bridgehead atoms. The number of nitrogens with two attached hydrogens (primary N) is 1. The molecule has 0 aliphatic heterocycles. The Hall–Kier alpha value is -4.56. The fourth-order valence-corrected chi connectivity index (χ4v) is 3.48. The summed E-state index contributed by atoms with van der Waals surface area (Å²) in [6.07, 6.45) is 2.97. The van der Waals surface area contributed by atoms with Crippen LogP contribution in [0, 0.1) is 28.5 Å². The number of nitrogens with one attached hydrogen (secondary N) is 1. The second kappa shape index (κ2) is 8.05. The van der Waals surface area contributed by atoms with Crippen LogP contribution >= 0.6 is 0 Å². The second-order valence-electron chi connectivity index (χ2n) is 6.90. The highest BCUT2D eigenvalue weighted by atomic mass is 19.1. The van der Waals surface area contributed by atoms with Gasteiger partial charge in [-0.25, -0.2) is 14.4 Å². The van der Waals surface area contributed by atoms with E-state index in [2.05, 4.69) is 26.3 Å². The highest BCUT2D eigenvalue weighted by Gasteiger charge is 2.19. The molecule has 8 heteroatoms. The number of aromatic nitrogens is 3. The third kappa shape index (κ3) is 3.70. The third-order valence-electron chi connectivity index (χ3n) is 4.95. The van der Waals surface area contributed by atoms with E-state index in [0.29, 0.717) is 22.3 Å². The lowest BCUT2D eigenvalue weighted by Gasteiger charge is -2.21. The Labute approximate surface area is 177 Å². The number of fused-ring (bicyclic) bond motifs is 1. The van der Waals surface area contributed by atoms with Crippen LogP contribution in [0.3, 0.4) is 0 Å². The molecule has 31 heavy (non-hydrogen) atoms. The average Bonchev–Trinajstić information content (AvgIpc) is 2.78. The second-order valence-corrected chi connectivity index (χ2v) is 6.90. The first-order valence-electron chi connectivity index (χ1n) is 9.37. The van der Waals surface area contributed by atoms with Crippen molar-refractivity contribution in [2.45, 2.75) is 13.0 Å². The van der Waals surface area contributed by atoms with Crippen LogP contribution in [-0.4, -0.2) is 15.0 Å². The number of nitrogens with zero attached hydrogens (tertiary/aromatic N) is 5. The van der Waals surface area contributed by atoms with E-state index in [9.17, 15) is 14.9 Å². The summed E-state index contributed by atoms with van der Waals surface area (Å²) in [6.45, 7) is 1.87.